The van der Waals surface area contributed by atoms with Gasteiger partial charge in [-0.25, -0.2) is 4.98 Å². The van der Waals surface area contributed by atoms with E-state index >= 15 is 0 Å². The molecule has 1 saturated heterocycles. The van der Waals surface area contributed by atoms with E-state index in [-0.39, 0.29) is 5.91 Å². The highest BCUT2D eigenvalue weighted by atomic mass is 35.5. The Kier molecular flexibility index (Phi) is 4.46. The molecule has 2 aromatic rings. The highest BCUT2D eigenvalue weighted by Crippen LogP contribution is 2.41. The molecule has 1 aromatic carbocycles. The van der Waals surface area contributed by atoms with Gasteiger partial charge in [-0.15, -0.1) is 0 Å². The number of hydrogen-bond acceptors (Lipinski definition) is 5. The van der Waals surface area contributed by atoms with Crippen LogP contribution < -0.4 is 10.5 Å². The number of hydrogen-bond donors (Lipinski definition) is 1. The van der Waals surface area contributed by atoms with E-state index in [9.17, 15) is 4.79 Å². The zero-order valence-electron chi connectivity index (χ0n) is 14.6. The molecule has 2 aliphatic rings. The highest BCUT2D eigenvalue weighted by Gasteiger charge is 2.35. The zero-order valence-corrected chi connectivity index (χ0v) is 15.4. The lowest BCUT2D eigenvalue weighted by Gasteiger charge is -2.33. The lowest BCUT2D eigenvalue weighted by molar-refractivity contribution is -0.139. The summed E-state index contributed by atoms with van der Waals surface area (Å²) in [5.41, 5.74) is 8.49. The monoisotopic (exact) mass is 372 g/mol. The van der Waals surface area contributed by atoms with Crippen molar-refractivity contribution in [2.75, 3.05) is 39.0 Å². The molecule has 0 aliphatic carbocycles. The van der Waals surface area contributed by atoms with Gasteiger partial charge in [0, 0.05) is 54.9 Å². The first-order valence-electron chi connectivity index (χ1n) is 8.69. The molecule has 0 saturated carbocycles. The number of halogens is 1. The number of nitrogens with two attached hydrogens (primary N) is 1. The van der Waals surface area contributed by atoms with Crippen molar-refractivity contribution in [3.63, 3.8) is 0 Å². The summed E-state index contributed by atoms with van der Waals surface area (Å²) in [5.74, 6) is 1.19. The fourth-order valence-corrected chi connectivity index (χ4v) is 3.76. The van der Waals surface area contributed by atoms with Crippen LogP contribution >= 0.6 is 11.6 Å². The van der Waals surface area contributed by atoms with Crippen LogP contribution in [-0.2, 0) is 11.2 Å². The zero-order chi connectivity index (χ0) is 18.3. The van der Waals surface area contributed by atoms with Crippen LogP contribution in [0.5, 0.6) is 5.75 Å². The second-order valence-electron chi connectivity index (χ2n) is 6.85. The van der Waals surface area contributed by atoms with Crippen LogP contribution in [0, 0.1) is 0 Å². The molecule has 0 radical (unpaired) electrons. The standard InChI is InChI=1S/C19H21ClN4O2/c1-23-4-6-24(7-5-23)19(25)16-9-13-8-14(20)11-15(18(13)26-16)12-2-3-22-17(21)10-12/h2-3,8,10-11,16H,4-7,9H2,1H3,(H2,21,22). The van der Waals surface area contributed by atoms with Crippen LogP contribution in [0.15, 0.2) is 30.5 Å². The summed E-state index contributed by atoms with van der Waals surface area (Å²) in [6.07, 6.45) is 1.69. The number of benzene rings is 1. The molecule has 3 heterocycles. The van der Waals surface area contributed by atoms with Crippen LogP contribution in [-0.4, -0.2) is 60.0 Å². The highest BCUT2D eigenvalue weighted by molar-refractivity contribution is 6.31. The smallest absolute Gasteiger partial charge is 0.264 e. The van der Waals surface area contributed by atoms with Gasteiger partial charge < -0.3 is 20.3 Å². The average Bonchev–Trinajstić information content (AvgIpc) is 3.05. The molecule has 2 N–H and O–H groups in total. The number of anilines is 1. The molecule has 2 aliphatic heterocycles. The number of nitrogens with zero attached hydrogens (tertiary/aromatic N) is 3. The number of aromatic nitrogens is 1. The van der Waals surface area contributed by atoms with E-state index in [1.54, 1.807) is 12.3 Å². The van der Waals surface area contributed by atoms with Crippen LogP contribution in [0.1, 0.15) is 5.56 Å². The van der Waals surface area contributed by atoms with Crippen molar-refractivity contribution in [3.8, 4) is 16.9 Å². The van der Waals surface area contributed by atoms with Gasteiger partial charge in [-0.1, -0.05) is 11.6 Å². The number of pyridine rings is 1. The Balaban J connectivity index is 1.61. The first-order chi connectivity index (χ1) is 12.5. The quantitative estimate of drug-likeness (QED) is 0.873. The van der Waals surface area contributed by atoms with E-state index in [2.05, 4.69) is 16.9 Å². The molecule has 6 nitrogen and oxygen atoms in total. The van der Waals surface area contributed by atoms with Crippen molar-refractivity contribution < 1.29 is 9.53 Å². The van der Waals surface area contributed by atoms with Gasteiger partial charge in [0.15, 0.2) is 6.10 Å². The van der Waals surface area contributed by atoms with Gasteiger partial charge in [-0.3, -0.25) is 4.79 Å². The summed E-state index contributed by atoms with van der Waals surface area (Å²) in [6, 6.07) is 7.37. The number of carbonyl (C=O) groups is 1. The molecule has 4 rings (SSSR count). The molecule has 1 aromatic heterocycles. The van der Waals surface area contributed by atoms with Gasteiger partial charge in [0.05, 0.1) is 0 Å². The van der Waals surface area contributed by atoms with E-state index < -0.39 is 6.10 Å². The minimum atomic E-state index is -0.496. The summed E-state index contributed by atoms with van der Waals surface area (Å²) < 4.78 is 6.10. The van der Waals surface area contributed by atoms with Gasteiger partial charge in [-0.2, -0.15) is 0 Å². The summed E-state index contributed by atoms with van der Waals surface area (Å²) in [5, 5.41) is 0.616. The third-order valence-corrected chi connectivity index (χ3v) is 5.20. The molecule has 1 unspecified atom stereocenters. The van der Waals surface area contributed by atoms with Gasteiger partial charge in [0.2, 0.25) is 0 Å². The maximum Gasteiger partial charge on any atom is 0.264 e. The Morgan fingerprint density at radius 1 is 1.27 bits per heavy atom. The van der Waals surface area contributed by atoms with E-state index in [1.807, 2.05) is 23.1 Å². The second kappa shape index (κ2) is 6.78. The molecule has 1 amide bonds. The van der Waals surface area contributed by atoms with Gasteiger partial charge in [0.25, 0.3) is 5.91 Å². The molecule has 26 heavy (non-hydrogen) atoms. The minimum absolute atomic E-state index is 0.0469. The van der Waals surface area contributed by atoms with Crippen LogP contribution in [0.2, 0.25) is 5.02 Å². The number of nitrogen functional groups attached to an aromatic ring is 1. The number of fused-ring (bicyclic) bond motifs is 1. The molecule has 0 bridgehead atoms. The summed E-state index contributed by atoms with van der Waals surface area (Å²) in [4.78, 5) is 21.0. The lowest BCUT2D eigenvalue weighted by atomic mass is 10.0. The maximum atomic E-state index is 12.9. The Hall–Kier alpha value is -2.31. The number of likely N-dealkylation sites (N-methyl/N-ethyl adjacent to an activating group) is 1. The van der Waals surface area contributed by atoms with E-state index in [0.717, 1.165) is 42.9 Å². The Morgan fingerprint density at radius 2 is 2.04 bits per heavy atom. The van der Waals surface area contributed by atoms with E-state index in [4.69, 9.17) is 22.1 Å². The fraction of sp³-hybridized carbons (Fsp3) is 0.368. The van der Waals surface area contributed by atoms with Crippen molar-refractivity contribution >= 4 is 23.3 Å². The summed E-state index contributed by atoms with van der Waals surface area (Å²) in [7, 11) is 2.07. The summed E-state index contributed by atoms with van der Waals surface area (Å²) in [6.45, 7) is 3.25. The van der Waals surface area contributed by atoms with Crippen LogP contribution in [0.25, 0.3) is 11.1 Å². The van der Waals surface area contributed by atoms with Crippen LogP contribution in [0.3, 0.4) is 0 Å². The summed E-state index contributed by atoms with van der Waals surface area (Å²) >= 11 is 6.31. The van der Waals surface area contributed by atoms with Crippen molar-refractivity contribution in [1.29, 1.82) is 0 Å². The Bertz CT molecular complexity index is 849. The second-order valence-corrected chi connectivity index (χ2v) is 7.29. The third kappa shape index (κ3) is 3.22. The number of amides is 1. The van der Waals surface area contributed by atoms with Gasteiger partial charge in [0.1, 0.15) is 11.6 Å². The topological polar surface area (TPSA) is 71.7 Å². The fourth-order valence-electron chi connectivity index (χ4n) is 3.52. The van der Waals surface area contributed by atoms with Crippen molar-refractivity contribution in [1.82, 2.24) is 14.8 Å². The lowest BCUT2D eigenvalue weighted by Crippen LogP contribution is -2.51. The van der Waals surface area contributed by atoms with Crippen molar-refractivity contribution in [3.05, 3.63) is 41.0 Å². The number of rotatable bonds is 2. The number of piperazine rings is 1. The number of carbonyl (C=O) groups excluding carboxylic acids is 1. The SMILES string of the molecule is CN1CCN(C(=O)C2Cc3cc(Cl)cc(-c4ccnc(N)c4)c3O2)CC1. The average molecular weight is 373 g/mol. The predicted molar refractivity (Wildman–Crippen MR) is 101 cm³/mol. The molecule has 0 spiro atoms. The largest absolute Gasteiger partial charge is 0.479 e. The van der Waals surface area contributed by atoms with Crippen LogP contribution in [0.4, 0.5) is 5.82 Å². The molecule has 7 heteroatoms. The molecule has 136 valence electrons. The van der Waals surface area contributed by atoms with E-state index in [1.165, 1.54) is 0 Å². The third-order valence-electron chi connectivity index (χ3n) is 4.98. The van der Waals surface area contributed by atoms with Gasteiger partial charge in [-0.05, 0) is 36.9 Å². The van der Waals surface area contributed by atoms with E-state index in [0.29, 0.717) is 23.0 Å². The maximum absolute atomic E-state index is 12.9. The molecular weight excluding hydrogens is 352 g/mol. The predicted octanol–water partition coefficient (Wildman–Crippen LogP) is 2.06. The normalized spacial score (nSPS) is 19.9. The first kappa shape index (κ1) is 17.1. The van der Waals surface area contributed by atoms with Crippen molar-refractivity contribution in [2.24, 2.45) is 0 Å². The van der Waals surface area contributed by atoms with Crippen molar-refractivity contribution in [2.45, 2.75) is 12.5 Å². The first-order valence-corrected chi connectivity index (χ1v) is 9.07. The molecule has 1 atom stereocenters. The number of ether oxygens (including phenoxy) is 1. The molecule has 1 fully saturated rings. The van der Waals surface area contributed by atoms with Gasteiger partial charge >= 0.3 is 0 Å². The minimum Gasteiger partial charge on any atom is -0.479 e. The molecular formula is C19H21ClN4O2. The Labute approximate surface area is 157 Å². The Morgan fingerprint density at radius 3 is 2.77 bits per heavy atom.